The summed E-state index contributed by atoms with van der Waals surface area (Å²) in [5, 5.41) is 0. The van der Waals surface area contributed by atoms with Crippen molar-refractivity contribution in [3.63, 3.8) is 0 Å². The first-order chi connectivity index (χ1) is 12.4. The molecule has 0 aliphatic heterocycles. The normalized spacial score (nSPS) is 11.5. The Labute approximate surface area is 147 Å². The van der Waals surface area contributed by atoms with E-state index in [2.05, 4.69) is 79.8 Å². The van der Waals surface area contributed by atoms with Crippen LogP contribution in [0.3, 0.4) is 0 Å². The van der Waals surface area contributed by atoms with Gasteiger partial charge in [-0.3, -0.25) is 0 Å². The van der Waals surface area contributed by atoms with Crippen LogP contribution < -0.4 is 0 Å². The van der Waals surface area contributed by atoms with Gasteiger partial charge in [0.25, 0.3) is 0 Å². The van der Waals surface area contributed by atoms with E-state index in [4.69, 9.17) is 0 Å². The van der Waals surface area contributed by atoms with Crippen molar-refractivity contribution in [1.82, 2.24) is 19.1 Å². The van der Waals surface area contributed by atoms with E-state index in [1.807, 2.05) is 37.4 Å². The van der Waals surface area contributed by atoms with Gasteiger partial charge in [0.2, 0.25) is 0 Å². The predicted molar refractivity (Wildman–Crippen MR) is 98.1 cm³/mol. The Morgan fingerprint density at radius 2 is 1.08 bits per heavy atom. The van der Waals surface area contributed by atoms with E-state index in [-0.39, 0.29) is 5.66 Å². The van der Waals surface area contributed by atoms with Crippen molar-refractivity contribution in [3.8, 4) is 0 Å². The highest BCUT2D eigenvalue weighted by Crippen LogP contribution is 2.29. The van der Waals surface area contributed by atoms with Crippen LogP contribution in [0.2, 0.25) is 0 Å². The molecule has 4 rings (SSSR count). The molecule has 0 fully saturated rings. The molecule has 0 N–H and O–H groups in total. The molecule has 124 valence electrons. The Hall–Kier alpha value is -3.14. The maximum atomic E-state index is 4.31. The molecule has 0 bridgehead atoms. The van der Waals surface area contributed by atoms with Gasteiger partial charge in [-0.25, -0.2) is 9.97 Å². The molecular formula is C21H20N4. The van der Waals surface area contributed by atoms with Gasteiger partial charge in [0, 0.05) is 37.6 Å². The topological polar surface area (TPSA) is 35.6 Å². The maximum absolute atomic E-state index is 4.31. The third-order valence-electron chi connectivity index (χ3n) is 4.63. The Morgan fingerprint density at radius 3 is 1.44 bits per heavy atom. The predicted octanol–water partition coefficient (Wildman–Crippen LogP) is 3.77. The molecule has 0 radical (unpaired) electrons. The summed E-state index contributed by atoms with van der Waals surface area (Å²) < 4.78 is 4.38. The molecule has 0 unspecified atom stereocenters. The standard InChI is InChI=1S/C21H20N4/c1-3-7-19(8-4-1)15-21(24-13-11-22-17-24,25-14-12-23-18-25)16-20-9-5-2-6-10-20/h1-14,17-18H,15-16H2. The molecule has 4 nitrogen and oxygen atoms in total. The number of hydrogen-bond acceptors (Lipinski definition) is 2. The lowest BCUT2D eigenvalue weighted by atomic mass is 9.91. The van der Waals surface area contributed by atoms with Crippen LogP contribution in [0.15, 0.2) is 98.1 Å². The van der Waals surface area contributed by atoms with E-state index >= 15 is 0 Å². The van der Waals surface area contributed by atoms with Crippen LogP contribution in [0.5, 0.6) is 0 Å². The van der Waals surface area contributed by atoms with Crippen LogP contribution >= 0.6 is 0 Å². The highest BCUT2D eigenvalue weighted by molar-refractivity contribution is 5.23. The van der Waals surface area contributed by atoms with Crippen LogP contribution in [-0.4, -0.2) is 19.1 Å². The third-order valence-corrected chi connectivity index (χ3v) is 4.63. The molecule has 2 aromatic carbocycles. The lowest BCUT2D eigenvalue weighted by molar-refractivity contribution is 0.221. The minimum Gasteiger partial charge on any atom is -0.313 e. The van der Waals surface area contributed by atoms with Gasteiger partial charge in [0.15, 0.2) is 0 Å². The average Bonchev–Trinajstić information content (AvgIpc) is 3.37. The summed E-state index contributed by atoms with van der Waals surface area (Å²) in [6.07, 6.45) is 13.2. The Kier molecular flexibility index (Phi) is 4.17. The Balaban J connectivity index is 1.85. The second-order valence-corrected chi connectivity index (χ2v) is 6.25. The summed E-state index contributed by atoms with van der Waals surface area (Å²) in [5.74, 6) is 0. The van der Waals surface area contributed by atoms with Crippen molar-refractivity contribution >= 4 is 0 Å². The van der Waals surface area contributed by atoms with Gasteiger partial charge >= 0.3 is 0 Å². The monoisotopic (exact) mass is 328 g/mol. The molecule has 0 spiro atoms. The van der Waals surface area contributed by atoms with Crippen LogP contribution in [0.1, 0.15) is 11.1 Å². The van der Waals surface area contributed by atoms with Crippen molar-refractivity contribution in [2.45, 2.75) is 18.5 Å². The minimum atomic E-state index is -0.338. The van der Waals surface area contributed by atoms with Gasteiger partial charge in [0.05, 0.1) is 12.7 Å². The molecule has 0 saturated carbocycles. The van der Waals surface area contributed by atoms with Crippen molar-refractivity contribution in [2.75, 3.05) is 0 Å². The fourth-order valence-electron chi connectivity index (χ4n) is 3.42. The number of aromatic nitrogens is 4. The van der Waals surface area contributed by atoms with Gasteiger partial charge < -0.3 is 9.13 Å². The molecule has 0 saturated heterocycles. The Morgan fingerprint density at radius 1 is 0.640 bits per heavy atom. The second kappa shape index (κ2) is 6.77. The number of hydrogen-bond donors (Lipinski definition) is 0. The van der Waals surface area contributed by atoms with Crippen molar-refractivity contribution in [2.24, 2.45) is 0 Å². The molecule has 0 amide bonds. The smallest absolute Gasteiger partial charge is 0.130 e. The number of rotatable bonds is 6. The summed E-state index contributed by atoms with van der Waals surface area (Å²) in [7, 11) is 0. The molecule has 0 aliphatic carbocycles. The molecular weight excluding hydrogens is 308 g/mol. The quantitative estimate of drug-likeness (QED) is 0.540. The van der Waals surface area contributed by atoms with E-state index < -0.39 is 0 Å². The molecule has 0 aliphatic rings. The third kappa shape index (κ3) is 3.11. The summed E-state index contributed by atoms with van der Waals surface area (Å²) in [5.41, 5.74) is 2.22. The largest absolute Gasteiger partial charge is 0.313 e. The van der Waals surface area contributed by atoms with Crippen molar-refractivity contribution in [3.05, 3.63) is 109 Å². The van der Waals surface area contributed by atoms with Gasteiger partial charge in [0.1, 0.15) is 5.66 Å². The molecule has 0 atom stereocenters. The fraction of sp³-hybridized carbons (Fsp3) is 0.143. The highest BCUT2D eigenvalue weighted by Gasteiger charge is 2.34. The van der Waals surface area contributed by atoms with E-state index in [0.29, 0.717) is 0 Å². The summed E-state index contributed by atoms with van der Waals surface area (Å²) in [6.45, 7) is 0. The molecule has 2 aromatic heterocycles. The van der Waals surface area contributed by atoms with Gasteiger partial charge in [-0.05, 0) is 11.1 Å². The van der Waals surface area contributed by atoms with Gasteiger partial charge in [-0.2, -0.15) is 0 Å². The second-order valence-electron chi connectivity index (χ2n) is 6.25. The summed E-state index contributed by atoms with van der Waals surface area (Å²) >= 11 is 0. The van der Waals surface area contributed by atoms with Crippen LogP contribution in [-0.2, 0) is 18.5 Å². The van der Waals surface area contributed by atoms with Gasteiger partial charge in [-0.1, -0.05) is 60.7 Å². The summed E-state index contributed by atoms with van der Waals surface area (Å²) in [4.78, 5) is 8.62. The number of nitrogens with zero attached hydrogens (tertiary/aromatic N) is 4. The molecule has 2 heterocycles. The van der Waals surface area contributed by atoms with E-state index in [0.717, 1.165) is 12.8 Å². The fourth-order valence-corrected chi connectivity index (χ4v) is 3.42. The first kappa shape index (κ1) is 15.4. The SMILES string of the molecule is c1ccc(CC(Cc2ccccc2)(n2ccnc2)n2ccnc2)cc1. The average molecular weight is 328 g/mol. The van der Waals surface area contributed by atoms with Crippen molar-refractivity contribution in [1.29, 1.82) is 0 Å². The summed E-state index contributed by atoms with van der Waals surface area (Å²) in [6, 6.07) is 21.2. The zero-order valence-electron chi connectivity index (χ0n) is 13.9. The van der Waals surface area contributed by atoms with E-state index in [1.165, 1.54) is 11.1 Å². The first-order valence-corrected chi connectivity index (χ1v) is 8.42. The maximum Gasteiger partial charge on any atom is 0.130 e. The minimum absolute atomic E-state index is 0.338. The zero-order chi connectivity index (χ0) is 17.0. The van der Waals surface area contributed by atoms with E-state index in [9.17, 15) is 0 Å². The lowest BCUT2D eigenvalue weighted by Crippen LogP contribution is -2.44. The van der Waals surface area contributed by atoms with Crippen LogP contribution in [0.4, 0.5) is 0 Å². The Bertz CT molecular complexity index is 804. The zero-order valence-corrected chi connectivity index (χ0v) is 13.9. The lowest BCUT2D eigenvalue weighted by Gasteiger charge is -2.37. The van der Waals surface area contributed by atoms with Gasteiger partial charge in [-0.15, -0.1) is 0 Å². The first-order valence-electron chi connectivity index (χ1n) is 8.42. The number of imidazole rings is 2. The molecule has 4 heteroatoms. The number of benzene rings is 2. The highest BCUT2D eigenvalue weighted by atomic mass is 15.3. The van der Waals surface area contributed by atoms with E-state index in [1.54, 1.807) is 0 Å². The van der Waals surface area contributed by atoms with Crippen LogP contribution in [0.25, 0.3) is 0 Å². The van der Waals surface area contributed by atoms with Crippen molar-refractivity contribution < 1.29 is 0 Å². The molecule has 4 aromatic rings. The molecule has 25 heavy (non-hydrogen) atoms. The van der Waals surface area contributed by atoms with Crippen LogP contribution in [0, 0.1) is 0 Å².